The Morgan fingerprint density at radius 2 is 2.07 bits per heavy atom. The molecule has 0 aliphatic rings. The van der Waals surface area contributed by atoms with Crippen LogP contribution in [-0.2, 0) is 3.79 Å². The number of alkyl halides is 3. The zero-order valence-electron chi connectivity index (χ0n) is 8.13. The fraction of sp³-hybridized carbons (Fsp3) is 0.625. The van der Waals surface area contributed by atoms with E-state index in [1.807, 2.05) is 13.8 Å². The third-order valence-corrected chi connectivity index (χ3v) is 2.77. The van der Waals surface area contributed by atoms with Gasteiger partial charge in [0, 0.05) is 6.42 Å². The molecule has 0 atom stereocenters. The molecule has 0 N–H and O–H groups in total. The SMILES string of the molecule is CC(C)CC(=O)c1nc(C(Cl)(Cl)Cl)ns1. The molecule has 7 heteroatoms. The van der Waals surface area contributed by atoms with Gasteiger partial charge in [0.15, 0.2) is 16.6 Å². The number of ketones is 1. The van der Waals surface area contributed by atoms with Crippen LogP contribution in [0.3, 0.4) is 0 Å². The Kier molecular flexibility index (Phi) is 4.35. The smallest absolute Gasteiger partial charge is 0.251 e. The summed E-state index contributed by atoms with van der Waals surface area (Å²) in [6.45, 7) is 3.91. The monoisotopic (exact) mass is 286 g/mol. The van der Waals surface area contributed by atoms with E-state index in [0.29, 0.717) is 11.4 Å². The Labute approximate surface area is 107 Å². The average molecular weight is 288 g/mol. The maximum absolute atomic E-state index is 11.6. The van der Waals surface area contributed by atoms with Gasteiger partial charge in [-0.15, -0.1) is 0 Å². The van der Waals surface area contributed by atoms with Crippen LogP contribution in [0, 0.1) is 5.92 Å². The van der Waals surface area contributed by atoms with Gasteiger partial charge in [-0.3, -0.25) is 4.79 Å². The number of hydrogen-bond acceptors (Lipinski definition) is 4. The minimum Gasteiger partial charge on any atom is -0.291 e. The molecule has 0 amide bonds. The summed E-state index contributed by atoms with van der Waals surface area (Å²) in [4.78, 5) is 15.5. The largest absolute Gasteiger partial charge is 0.291 e. The Morgan fingerprint density at radius 3 is 2.47 bits per heavy atom. The van der Waals surface area contributed by atoms with Crippen LogP contribution in [0.4, 0.5) is 0 Å². The molecule has 0 saturated heterocycles. The molecule has 0 aromatic carbocycles. The summed E-state index contributed by atoms with van der Waals surface area (Å²) in [6.07, 6.45) is 0.425. The minimum atomic E-state index is -1.66. The molecule has 0 aliphatic heterocycles. The van der Waals surface area contributed by atoms with Crippen molar-refractivity contribution in [2.75, 3.05) is 0 Å². The van der Waals surface area contributed by atoms with Gasteiger partial charge in [-0.1, -0.05) is 48.7 Å². The Bertz CT molecular complexity index is 359. The molecule has 1 aromatic heterocycles. The molecule has 0 radical (unpaired) electrons. The lowest BCUT2D eigenvalue weighted by molar-refractivity contribution is 0.0967. The highest BCUT2D eigenvalue weighted by Gasteiger charge is 2.29. The van der Waals surface area contributed by atoms with Crippen LogP contribution >= 0.6 is 46.3 Å². The maximum Gasteiger partial charge on any atom is 0.251 e. The lowest BCUT2D eigenvalue weighted by Crippen LogP contribution is -2.06. The van der Waals surface area contributed by atoms with Gasteiger partial charge in [0.05, 0.1) is 0 Å². The summed E-state index contributed by atoms with van der Waals surface area (Å²) in [6, 6.07) is 0. The zero-order valence-corrected chi connectivity index (χ0v) is 11.2. The number of nitrogens with zero attached hydrogens (tertiary/aromatic N) is 2. The number of rotatable bonds is 3. The molecule has 84 valence electrons. The topological polar surface area (TPSA) is 42.9 Å². The summed E-state index contributed by atoms with van der Waals surface area (Å²) in [5, 5.41) is 0.296. The number of carbonyl (C=O) groups is 1. The summed E-state index contributed by atoms with van der Waals surface area (Å²) in [7, 11) is 0. The number of aromatic nitrogens is 2. The minimum absolute atomic E-state index is 0.0598. The zero-order chi connectivity index (χ0) is 11.6. The lowest BCUT2D eigenvalue weighted by Gasteiger charge is -2.03. The van der Waals surface area contributed by atoms with Crippen molar-refractivity contribution in [2.24, 2.45) is 5.92 Å². The van der Waals surface area contributed by atoms with Crippen molar-refractivity contribution in [2.45, 2.75) is 24.1 Å². The van der Waals surface area contributed by atoms with Crippen molar-refractivity contribution in [3.05, 3.63) is 10.8 Å². The van der Waals surface area contributed by atoms with Gasteiger partial charge in [0.2, 0.25) is 0 Å². The molecule has 3 nitrogen and oxygen atoms in total. The number of halogens is 3. The van der Waals surface area contributed by atoms with Gasteiger partial charge in [-0.25, -0.2) is 4.98 Å². The third kappa shape index (κ3) is 3.87. The van der Waals surface area contributed by atoms with Gasteiger partial charge < -0.3 is 0 Å². The van der Waals surface area contributed by atoms with E-state index in [1.165, 1.54) is 0 Å². The number of carbonyl (C=O) groups excluding carboxylic acids is 1. The number of Topliss-reactive ketones (excluding diaryl/α,β-unsaturated/α-hetero) is 1. The molecule has 15 heavy (non-hydrogen) atoms. The molecular weight excluding hydrogens is 279 g/mol. The van der Waals surface area contributed by atoms with Crippen LogP contribution < -0.4 is 0 Å². The van der Waals surface area contributed by atoms with Crippen LogP contribution in [0.25, 0.3) is 0 Å². The van der Waals surface area contributed by atoms with Crippen molar-refractivity contribution in [3.8, 4) is 0 Å². The predicted octanol–water partition coefficient (Wildman–Crippen LogP) is 3.59. The van der Waals surface area contributed by atoms with Crippen molar-refractivity contribution in [1.29, 1.82) is 0 Å². The Balaban J connectivity index is 2.81. The first-order valence-electron chi connectivity index (χ1n) is 4.25. The van der Waals surface area contributed by atoms with Gasteiger partial charge >= 0.3 is 0 Å². The van der Waals surface area contributed by atoms with E-state index in [-0.39, 0.29) is 17.5 Å². The molecule has 0 spiro atoms. The molecule has 0 unspecified atom stereocenters. The van der Waals surface area contributed by atoms with Crippen LogP contribution in [0.5, 0.6) is 0 Å². The van der Waals surface area contributed by atoms with Gasteiger partial charge in [0.1, 0.15) is 0 Å². The van der Waals surface area contributed by atoms with E-state index >= 15 is 0 Å². The predicted molar refractivity (Wildman–Crippen MR) is 62.9 cm³/mol. The second kappa shape index (κ2) is 4.95. The fourth-order valence-electron chi connectivity index (χ4n) is 0.910. The van der Waals surface area contributed by atoms with Crippen LogP contribution in [0.15, 0.2) is 0 Å². The summed E-state index contributed by atoms with van der Waals surface area (Å²) in [5.41, 5.74) is 0. The standard InChI is InChI=1S/C8H9Cl3N2OS/c1-4(2)3-5(14)6-12-7(13-15-6)8(9,10)11/h4H,3H2,1-2H3. The molecule has 0 saturated carbocycles. The first-order valence-corrected chi connectivity index (χ1v) is 6.15. The maximum atomic E-state index is 11.6. The highest BCUT2D eigenvalue weighted by atomic mass is 35.6. The third-order valence-electron chi connectivity index (χ3n) is 1.51. The molecular formula is C8H9Cl3N2OS. The molecule has 0 bridgehead atoms. The first kappa shape index (κ1) is 13.2. The normalized spacial score (nSPS) is 12.1. The Hall–Kier alpha value is 0.1000. The van der Waals surface area contributed by atoms with Crippen molar-refractivity contribution >= 4 is 52.1 Å². The van der Waals surface area contributed by atoms with Gasteiger partial charge in [-0.2, -0.15) is 4.37 Å². The van der Waals surface area contributed by atoms with Crippen molar-refractivity contribution in [3.63, 3.8) is 0 Å². The quantitative estimate of drug-likeness (QED) is 0.630. The summed E-state index contributed by atoms with van der Waals surface area (Å²) < 4.78 is 2.17. The summed E-state index contributed by atoms with van der Waals surface area (Å²) in [5.74, 6) is 0.269. The van der Waals surface area contributed by atoms with E-state index < -0.39 is 3.79 Å². The molecule has 1 aromatic rings. The lowest BCUT2D eigenvalue weighted by atomic mass is 10.1. The number of hydrogen-bond donors (Lipinski definition) is 0. The molecule has 1 rings (SSSR count). The molecule has 0 aliphatic carbocycles. The molecule has 1 heterocycles. The van der Waals surface area contributed by atoms with Crippen molar-refractivity contribution in [1.82, 2.24) is 9.36 Å². The van der Waals surface area contributed by atoms with E-state index in [0.717, 1.165) is 11.5 Å². The second-order valence-electron chi connectivity index (χ2n) is 3.44. The van der Waals surface area contributed by atoms with E-state index in [4.69, 9.17) is 34.8 Å². The molecule has 0 fully saturated rings. The highest BCUT2D eigenvalue weighted by Crippen LogP contribution is 2.36. The first-order chi connectivity index (χ1) is 6.80. The second-order valence-corrected chi connectivity index (χ2v) is 6.48. The average Bonchev–Trinajstić information content (AvgIpc) is 2.48. The van der Waals surface area contributed by atoms with Crippen LogP contribution in [0.1, 0.15) is 35.9 Å². The van der Waals surface area contributed by atoms with Gasteiger partial charge in [0.25, 0.3) is 3.79 Å². The van der Waals surface area contributed by atoms with Crippen molar-refractivity contribution < 1.29 is 4.79 Å². The van der Waals surface area contributed by atoms with E-state index in [2.05, 4.69) is 9.36 Å². The highest BCUT2D eigenvalue weighted by molar-refractivity contribution is 7.07. The van der Waals surface area contributed by atoms with Gasteiger partial charge in [-0.05, 0) is 17.5 Å². The van der Waals surface area contributed by atoms with Crippen LogP contribution in [0.2, 0.25) is 0 Å². The van der Waals surface area contributed by atoms with E-state index in [1.54, 1.807) is 0 Å². The fourth-order valence-corrected chi connectivity index (χ4v) is 1.98. The Morgan fingerprint density at radius 1 is 1.47 bits per heavy atom. The summed E-state index contributed by atoms with van der Waals surface area (Å²) >= 11 is 17.7. The van der Waals surface area contributed by atoms with Crippen LogP contribution in [-0.4, -0.2) is 15.1 Å². The van der Waals surface area contributed by atoms with E-state index in [9.17, 15) is 4.79 Å².